The van der Waals surface area contributed by atoms with Crippen LogP contribution in [0.2, 0.25) is 0 Å². The first kappa shape index (κ1) is 17.3. The van der Waals surface area contributed by atoms with Gasteiger partial charge in [-0.15, -0.1) is 0 Å². The first-order chi connectivity index (χ1) is 13.2. The molecular formula is C20H22FN5O. The van der Waals surface area contributed by atoms with Gasteiger partial charge >= 0.3 is 6.03 Å². The highest BCUT2D eigenvalue weighted by Crippen LogP contribution is 2.17. The number of benzene rings is 2. The number of fused-ring (bicyclic) bond motifs is 1. The predicted octanol–water partition coefficient (Wildman–Crippen LogP) is 3.49. The van der Waals surface area contributed by atoms with E-state index in [2.05, 4.69) is 20.6 Å². The fraction of sp³-hybridized carbons (Fsp3) is 0.300. The number of H-pyrrole nitrogens is 1. The molecule has 0 aliphatic carbocycles. The van der Waals surface area contributed by atoms with Crippen LogP contribution < -0.4 is 10.6 Å². The lowest BCUT2D eigenvalue weighted by atomic mass is 10.0. The molecular weight excluding hydrogens is 345 g/mol. The molecule has 0 atom stereocenters. The van der Waals surface area contributed by atoms with Crippen LogP contribution in [0.1, 0.15) is 18.4 Å². The molecule has 27 heavy (non-hydrogen) atoms. The number of piperidine rings is 1. The molecule has 0 saturated carbocycles. The molecule has 2 amide bonds. The molecule has 3 N–H and O–H groups in total. The van der Waals surface area contributed by atoms with Gasteiger partial charge in [0.25, 0.3) is 0 Å². The Labute approximate surface area is 156 Å². The molecule has 0 unspecified atom stereocenters. The standard InChI is InChI=1S/C20H22FN5O/c21-15-2-4-16(5-3-15)25-17-7-9-26(10-8-17)20(27)22-12-14-1-6-18-19(11-14)24-13-23-18/h1-6,11,13,17,25H,7-10,12H2,(H,22,27)(H,23,24). The normalized spacial score (nSPS) is 15.1. The monoisotopic (exact) mass is 367 g/mol. The van der Waals surface area contributed by atoms with Crippen molar-refractivity contribution in [3.63, 3.8) is 0 Å². The fourth-order valence-corrected chi connectivity index (χ4v) is 3.39. The number of nitrogens with zero attached hydrogens (tertiary/aromatic N) is 2. The van der Waals surface area contributed by atoms with Crippen molar-refractivity contribution in [1.82, 2.24) is 20.2 Å². The Kier molecular flexibility index (Phi) is 4.91. The Balaban J connectivity index is 1.25. The molecule has 6 nitrogen and oxygen atoms in total. The van der Waals surface area contributed by atoms with Crippen LogP contribution in [-0.4, -0.2) is 40.0 Å². The Morgan fingerprint density at radius 1 is 1.19 bits per heavy atom. The third-order valence-corrected chi connectivity index (χ3v) is 4.93. The second-order valence-corrected chi connectivity index (χ2v) is 6.83. The van der Waals surface area contributed by atoms with Gasteiger partial charge in [-0.05, 0) is 54.8 Å². The van der Waals surface area contributed by atoms with Crippen LogP contribution in [0.4, 0.5) is 14.9 Å². The lowest BCUT2D eigenvalue weighted by Gasteiger charge is -2.33. The average molecular weight is 367 g/mol. The number of imidazole rings is 1. The van der Waals surface area contributed by atoms with E-state index in [1.165, 1.54) is 12.1 Å². The Morgan fingerprint density at radius 2 is 1.96 bits per heavy atom. The van der Waals surface area contributed by atoms with Crippen molar-refractivity contribution in [2.45, 2.75) is 25.4 Å². The summed E-state index contributed by atoms with van der Waals surface area (Å²) >= 11 is 0. The number of carbonyl (C=O) groups excluding carboxylic acids is 1. The first-order valence-electron chi connectivity index (χ1n) is 9.14. The van der Waals surface area contributed by atoms with E-state index < -0.39 is 0 Å². The van der Waals surface area contributed by atoms with Gasteiger partial charge in [-0.2, -0.15) is 0 Å². The summed E-state index contributed by atoms with van der Waals surface area (Å²) in [5.41, 5.74) is 3.83. The van der Waals surface area contributed by atoms with Crippen LogP contribution in [0.15, 0.2) is 48.8 Å². The SMILES string of the molecule is O=C(NCc1ccc2nc[nH]c2c1)N1CCC(Nc2ccc(F)cc2)CC1. The molecule has 1 fully saturated rings. The van der Waals surface area contributed by atoms with E-state index in [1.54, 1.807) is 18.5 Å². The molecule has 0 radical (unpaired) electrons. The van der Waals surface area contributed by atoms with E-state index in [4.69, 9.17) is 0 Å². The molecule has 2 aromatic carbocycles. The molecule has 3 aromatic rings. The summed E-state index contributed by atoms with van der Waals surface area (Å²) in [5.74, 6) is -0.237. The van der Waals surface area contributed by atoms with Crippen molar-refractivity contribution < 1.29 is 9.18 Å². The van der Waals surface area contributed by atoms with Gasteiger partial charge in [-0.3, -0.25) is 0 Å². The molecule has 0 spiro atoms. The fourth-order valence-electron chi connectivity index (χ4n) is 3.39. The first-order valence-corrected chi connectivity index (χ1v) is 9.14. The van der Waals surface area contributed by atoms with Crippen LogP contribution in [0, 0.1) is 5.82 Å². The van der Waals surface area contributed by atoms with Crippen molar-refractivity contribution in [1.29, 1.82) is 0 Å². The summed E-state index contributed by atoms with van der Waals surface area (Å²) in [5, 5.41) is 6.39. The van der Waals surface area contributed by atoms with Gasteiger partial charge in [0.05, 0.1) is 17.4 Å². The van der Waals surface area contributed by atoms with Gasteiger partial charge in [0.1, 0.15) is 5.82 Å². The van der Waals surface area contributed by atoms with Gasteiger partial charge in [-0.25, -0.2) is 14.2 Å². The number of nitrogens with one attached hydrogen (secondary N) is 3. The van der Waals surface area contributed by atoms with Crippen LogP contribution in [0.3, 0.4) is 0 Å². The number of anilines is 1. The van der Waals surface area contributed by atoms with E-state index >= 15 is 0 Å². The van der Waals surface area contributed by atoms with E-state index in [1.807, 2.05) is 23.1 Å². The summed E-state index contributed by atoms with van der Waals surface area (Å²) in [4.78, 5) is 21.5. The minimum absolute atomic E-state index is 0.0417. The van der Waals surface area contributed by atoms with Crippen molar-refractivity contribution in [3.8, 4) is 0 Å². The smallest absolute Gasteiger partial charge is 0.317 e. The number of likely N-dealkylation sites (tertiary alicyclic amines) is 1. The molecule has 0 bridgehead atoms. The van der Waals surface area contributed by atoms with Gasteiger partial charge in [0, 0.05) is 31.4 Å². The second-order valence-electron chi connectivity index (χ2n) is 6.83. The number of urea groups is 1. The summed E-state index contributed by atoms with van der Waals surface area (Å²) < 4.78 is 13.0. The van der Waals surface area contributed by atoms with Crippen LogP contribution in [0.5, 0.6) is 0 Å². The van der Waals surface area contributed by atoms with Gasteiger partial charge in [0.2, 0.25) is 0 Å². The molecule has 4 rings (SSSR count). The number of amides is 2. The van der Waals surface area contributed by atoms with E-state index in [0.717, 1.165) is 35.1 Å². The lowest BCUT2D eigenvalue weighted by Crippen LogP contribution is -2.46. The summed E-state index contributed by atoms with van der Waals surface area (Å²) in [6.07, 6.45) is 3.40. The molecule has 1 aliphatic heterocycles. The highest BCUT2D eigenvalue weighted by molar-refractivity contribution is 5.76. The van der Waals surface area contributed by atoms with Gasteiger partial charge in [0.15, 0.2) is 0 Å². The number of aromatic amines is 1. The molecule has 1 aromatic heterocycles. The van der Waals surface area contributed by atoms with Crippen LogP contribution in [-0.2, 0) is 6.54 Å². The maximum atomic E-state index is 13.0. The molecule has 7 heteroatoms. The van der Waals surface area contributed by atoms with Crippen LogP contribution >= 0.6 is 0 Å². The quantitative estimate of drug-likeness (QED) is 0.661. The number of hydrogen-bond acceptors (Lipinski definition) is 3. The summed E-state index contributed by atoms with van der Waals surface area (Å²) in [6.45, 7) is 1.89. The average Bonchev–Trinajstić information content (AvgIpc) is 3.16. The van der Waals surface area contributed by atoms with E-state index in [9.17, 15) is 9.18 Å². The van der Waals surface area contributed by atoms with Crippen molar-refractivity contribution in [2.75, 3.05) is 18.4 Å². The topological polar surface area (TPSA) is 73.0 Å². The lowest BCUT2D eigenvalue weighted by molar-refractivity contribution is 0.183. The van der Waals surface area contributed by atoms with Crippen molar-refractivity contribution in [2.24, 2.45) is 0 Å². The largest absolute Gasteiger partial charge is 0.382 e. The maximum Gasteiger partial charge on any atom is 0.317 e. The highest BCUT2D eigenvalue weighted by atomic mass is 19.1. The van der Waals surface area contributed by atoms with E-state index in [0.29, 0.717) is 25.7 Å². The maximum absolute atomic E-state index is 13.0. The Hall–Kier alpha value is -3.09. The third-order valence-electron chi connectivity index (χ3n) is 4.93. The Bertz CT molecular complexity index is 916. The number of hydrogen-bond donors (Lipinski definition) is 3. The number of carbonyl (C=O) groups is 1. The zero-order chi connectivity index (χ0) is 18.6. The highest BCUT2D eigenvalue weighted by Gasteiger charge is 2.22. The van der Waals surface area contributed by atoms with Crippen molar-refractivity contribution >= 4 is 22.8 Å². The number of halogens is 1. The minimum atomic E-state index is -0.237. The van der Waals surface area contributed by atoms with Crippen molar-refractivity contribution in [3.05, 3.63) is 60.2 Å². The zero-order valence-corrected chi connectivity index (χ0v) is 14.9. The molecule has 2 heterocycles. The molecule has 140 valence electrons. The van der Waals surface area contributed by atoms with E-state index in [-0.39, 0.29) is 11.8 Å². The third kappa shape index (κ3) is 4.19. The van der Waals surface area contributed by atoms with Gasteiger partial charge in [-0.1, -0.05) is 6.07 Å². The van der Waals surface area contributed by atoms with Gasteiger partial charge < -0.3 is 20.5 Å². The predicted molar refractivity (Wildman–Crippen MR) is 103 cm³/mol. The molecule has 1 aliphatic rings. The minimum Gasteiger partial charge on any atom is -0.382 e. The number of aromatic nitrogens is 2. The second kappa shape index (κ2) is 7.65. The summed E-state index contributed by atoms with van der Waals surface area (Å²) in [7, 11) is 0. The zero-order valence-electron chi connectivity index (χ0n) is 14.9. The van der Waals surface area contributed by atoms with Crippen LogP contribution in [0.25, 0.3) is 11.0 Å². The Morgan fingerprint density at radius 3 is 2.74 bits per heavy atom. The summed E-state index contributed by atoms with van der Waals surface area (Å²) in [6, 6.07) is 12.6. The number of rotatable bonds is 4. The molecule has 1 saturated heterocycles.